The Labute approximate surface area is 95.0 Å². The minimum atomic E-state index is -3.12. The highest BCUT2D eigenvalue weighted by molar-refractivity contribution is 6.08. The molecule has 5 heteroatoms. The maximum Gasteiger partial charge on any atom is 0.296 e. The lowest BCUT2D eigenvalue weighted by atomic mass is 10.1. The number of fused-ring (bicyclic) bond motifs is 1. The normalized spacial score (nSPS) is 11.0. The summed E-state index contributed by atoms with van der Waals surface area (Å²) in [6.07, 6.45) is -3.96. The van der Waals surface area contributed by atoms with Crippen LogP contribution < -0.4 is 0 Å². The van der Waals surface area contributed by atoms with Crippen LogP contribution in [0.25, 0.3) is 11.0 Å². The lowest BCUT2D eigenvalue weighted by molar-refractivity contribution is -0.128. The summed E-state index contributed by atoms with van der Waals surface area (Å²) >= 11 is 0. The monoisotopic (exact) mass is 238 g/mol. The van der Waals surface area contributed by atoms with E-state index in [-0.39, 0.29) is 5.76 Å². The molecule has 0 amide bonds. The van der Waals surface area contributed by atoms with Crippen molar-refractivity contribution in [3.05, 3.63) is 36.1 Å². The number of carbonyl (C=O) groups is 2. The first-order valence-corrected chi connectivity index (χ1v) is 4.90. The Hall–Kier alpha value is -2.04. The molecule has 0 radical (unpaired) electrons. The lowest BCUT2D eigenvalue weighted by Gasteiger charge is -1.95. The number of halogens is 2. The molecule has 17 heavy (non-hydrogen) atoms. The fourth-order valence-electron chi connectivity index (χ4n) is 1.44. The van der Waals surface area contributed by atoms with Crippen molar-refractivity contribution >= 4 is 22.5 Å². The van der Waals surface area contributed by atoms with Crippen LogP contribution in [0, 0.1) is 0 Å². The fourth-order valence-corrected chi connectivity index (χ4v) is 1.44. The number of alkyl halides is 2. The third-order valence-corrected chi connectivity index (χ3v) is 2.28. The van der Waals surface area contributed by atoms with E-state index in [4.69, 9.17) is 4.42 Å². The Balaban J connectivity index is 2.22. The Morgan fingerprint density at radius 1 is 1.24 bits per heavy atom. The first kappa shape index (κ1) is 11.4. The molecule has 88 valence electrons. The molecular formula is C12H8F2O3. The van der Waals surface area contributed by atoms with Gasteiger partial charge in [0.1, 0.15) is 5.58 Å². The number of rotatable bonds is 4. The molecule has 0 saturated carbocycles. The molecule has 0 N–H and O–H groups in total. The summed E-state index contributed by atoms with van der Waals surface area (Å²) in [6, 6.07) is 8.31. The number of hydrogen-bond acceptors (Lipinski definition) is 3. The third kappa shape index (κ3) is 2.38. The third-order valence-electron chi connectivity index (χ3n) is 2.28. The molecule has 0 aliphatic heterocycles. The first-order valence-electron chi connectivity index (χ1n) is 4.90. The van der Waals surface area contributed by atoms with Gasteiger partial charge >= 0.3 is 0 Å². The number of para-hydroxylation sites is 1. The second-order valence-electron chi connectivity index (χ2n) is 3.52. The van der Waals surface area contributed by atoms with Gasteiger partial charge in [-0.15, -0.1) is 0 Å². The number of carbonyl (C=O) groups excluding carboxylic acids is 2. The maximum absolute atomic E-state index is 12.0. The zero-order valence-electron chi connectivity index (χ0n) is 8.65. The van der Waals surface area contributed by atoms with E-state index >= 15 is 0 Å². The number of ketones is 2. The molecular weight excluding hydrogens is 230 g/mol. The lowest BCUT2D eigenvalue weighted by Crippen LogP contribution is -2.14. The predicted molar refractivity (Wildman–Crippen MR) is 56.2 cm³/mol. The summed E-state index contributed by atoms with van der Waals surface area (Å²) in [7, 11) is 0. The highest BCUT2D eigenvalue weighted by Crippen LogP contribution is 2.20. The zero-order chi connectivity index (χ0) is 12.4. The summed E-state index contributed by atoms with van der Waals surface area (Å²) in [5.74, 6) is -2.19. The van der Waals surface area contributed by atoms with Crippen LogP contribution in [-0.2, 0) is 4.79 Å². The Kier molecular flexibility index (Phi) is 2.99. The van der Waals surface area contributed by atoms with Gasteiger partial charge in [0.15, 0.2) is 5.76 Å². The first-order chi connectivity index (χ1) is 8.08. The second-order valence-corrected chi connectivity index (χ2v) is 3.52. The zero-order valence-corrected chi connectivity index (χ0v) is 8.65. The molecule has 0 saturated heterocycles. The van der Waals surface area contributed by atoms with E-state index in [1.165, 1.54) is 6.07 Å². The van der Waals surface area contributed by atoms with Gasteiger partial charge in [-0.05, 0) is 12.1 Å². The van der Waals surface area contributed by atoms with Crippen molar-refractivity contribution in [2.24, 2.45) is 0 Å². The smallest absolute Gasteiger partial charge is 0.296 e. The molecule has 0 aliphatic carbocycles. The van der Waals surface area contributed by atoms with Crippen molar-refractivity contribution in [2.45, 2.75) is 12.8 Å². The van der Waals surface area contributed by atoms with Gasteiger partial charge in [-0.1, -0.05) is 18.2 Å². The standard InChI is InChI=1S/C12H8F2O3/c13-12(14)9(16)6-8(15)11-5-7-3-1-2-4-10(7)17-11/h1-5,12H,6H2. The molecule has 0 fully saturated rings. The summed E-state index contributed by atoms with van der Waals surface area (Å²) in [5, 5.41) is 0.695. The Morgan fingerprint density at radius 2 is 1.94 bits per heavy atom. The number of hydrogen-bond donors (Lipinski definition) is 0. The van der Waals surface area contributed by atoms with E-state index in [0.717, 1.165) is 0 Å². The fraction of sp³-hybridized carbons (Fsp3) is 0.167. The SMILES string of the molecule is O=C(CC(=O)C(F)F)c1cc2ccccc2o1. The summed E-state index contributed by atoms with van der Waals surface area (Å²) in [4.78, 5) is 22.2. The van der Waals surface area contributed by atoms with E-state index in [1.54, 1.807) is 24.3 Å². The minimum absolute atomic E-state index is 0.0693. The van der Waals surface area contributed by atoms with Crippen molar-refractivity contribution in [1.29, 1.82) is 0 Å². The largest absolute Gasteiger partial charge is 0.453 e. The number of benzene rings is 1. The van der Waals surface area contributed by atoms with Gasteiger partial charge in [-0.2, -0.15) is 0 Å². The van der Waals surface area contributed by atoms with Gasteiger partial charge in [0, 0.05) is 5.39 Å². The van der Waals surface area contributed by atoms with Gasteiger partial charge in [-0.3, -0.25) is 9.59 Å². The summed E-state index contributed by atoms with van der Waals surface area (Å²) in [5.41, 5.74) is 0.486. The van der Waals surface area contributed by atoms with Crippen LogP contribution in [0.2, 0.25) is 0 Å². The van der Waals surface area contributed by atoms with Crippen molar-refractivity contribution in [3.63, 3.8) is 0 Å². The predicted octanol–water partition coefficient (Wildman–Crippen LogP) is 2.84. The molecule has 2 rings (SSSR count). The van der Waals surface area contributed by atoms with Crippen LogP contribution in [0.15, 0.2) is 34.7 Å². The van der Waals surface area contributed by atoms with Crippen LogP contribution in [-0.4, -0.2) is 18.0 Å². The molecule has 0 aliphatic rings. The molecule has 0 spiro atoms. The number of Topliss-reactive ketones (excluding diaryl/α,β-unsaturated/α-hetero) is 2. The van der Waals surface area contributed by atoms with Crippen LogP contribution >= 0.6 is 0 Å². The molecule has 0 atom stereocenters. The van der Waals surface area contributed by atoms with E-state index in [2.05, 4.69) is 0 Å². The van der Waals surface area contributed by atoms with Crippen molar-refractivity contribution < 1.29 is 22.8 Å². The Bertz CT molecular complexity index is 539. The molecule has 2 aromatic rings. The van der Waals surface area contributed by atoms with Gasteiger partial charge < -0.3 is 4.42 Å². The van der Waals surface area contributed by atoms with Gasteiger partial charge in [0.05, 0.1) is 6.42 Å². The van der Waals surface area contributed by atoms with E-state index in [1.807, 2.05) is 0 Å². The maximum atomic E-state index is 12.0. The van der Waals surface area contributed by atoms with Gasteiger partial charge in [0.2, 0.25) is 11.6 Å². The molecule has 1 aromatic heterocycles. The van der Waals surface area contributed by atoms with Crippen molar-refractivity contribution in [2.75, 3.05) is 0 Å². The van der Waals surface area contributed by atoms with E-state index in [0.29, 0.717) is 11.0 Å². The average Bonchev–Trinajstić information content (AvgIpc) is 2.72. The van der Waals surface area contributed by atoms with Crippen LogP contribution in [0.3, 0.4) is 0 Å². The van der Waals surface area contributed by atoms with Gasteiger partial charge in [-0.25, -0.2) is 8.78 Å². The summed E-state index contributed by atoms with van der Waals surface area (Å²) < 4.78 is 29.1. The molecule has 1 heterocycles. The van der Waals surface area contributed by atoms with Crippen LogP contribution in [0.1, 0.15) is 17.0 Å². The van der Waals surface area contributed by atoms with Crippen LogP contribution in [0.5, 0.6) is 0 Å². The molecule has 0 bridgehead atoms. The summed E-state index contributed by atoms with van der Waals surface area (Å²) in [6.45, 7) is 0. The van der Waals surface area contributed by atoms with Gasteiger partial charge in [0.25, 0.3) is 6.43 Å². The van der Waals surface area contributed by atoms with Crippen molar-refractivity contribution in [1.82, 2.24) is 0 Å². The van der Waals surface area contributed by atoms with E-state index in [9.17, 15) is 18.4 Å². The quantitative estimate of drug-likeness (QED) is 0.607. The van der Waals surface area contributed by atoms with Crippen LogP contribution in [0.4, 0.5) is 8.78 Å². The molecule has 3 nitrogen and oxygen atoms in total. The number of furan rings is 1. The molecule has 1 aromatic carbocycles. The minimum Gasteiger partial charge on any atom is -0.453 e. The van der Waals surface area contributed by atoms with Crippen molar-refractivity contribution in [3.8, 4) is 0 Å². The highest BCUT2D eigenvalue weighted by atomic mass is 19.3. The second kappa shape index (κ2) is 4.45. The Morgan fingerprint density at radius 3 is 2.59 bits per heavy atom. The topological polar surface area (TPSA) is 47.3 Å². The molecule has 0 unspecified atom stereocenters. The van der Waals surface area contributed by atoms with E-state index < -0.39 is 24.4 Å². The average molecular weight is 238 g/mol. The highest BCUT2D eigenvalue weighted by Gasteiger charge is 2.22.